The minimum absolute atomic E-state index is 0.0295. The number of likely N-dealkylation sites (N-methyl/N-ethyl adjacent to an activating group) is 1. The van der Waals surface area contributed by atoms with Gasteiger partial charge >= 0.3 is 0 Å². The highest BCUT2D eigenvalue weighted by Crippen LogP contribution is 2.49. The zero-order valence-electron chi connectivity index (χ0n) is 20.2. The number of amides is 1. The topological polar surface area (TPSA) is 73.4 Å². The van der Waals surface area contributed by atoms with Crippen molar-refractivity contribution in [1.82, 2.24) is 20.2 Å². The van der Waals surface area contributed by atoms with Crippen LogP contribution in [0, 0.1) is 18.8 Å². The second kappa shape index (κ2) is 9.92. The Balaban J connectivity index is 1.25. The lowest BCUT2D eigenvalue weighted by Crippen LogP contribution is -2.49. The van der Waals surface area contributed by atoms with Crippen molar-refractivity contribution in [2.45, 2.75) is 51.2 Å². The number of rotatable bonds is 6. The van der Waals surface area contributed by atoms with Crippen LogP contribution in [0.1, 0.15) is 43.5 Å². The first-order chi connectivity index (χ1) is 16.7. The maximum Gasteiger partial charge on any atom is 0.239 e. The zero-order valence-corrected chi connectivity index (χ0v) is 22.5. The lowest BCUT2D eigenvalue weighted by atomic mass is 10.0. The third kappa shape index (κ3) is 4.93. The zero-order chi connectivity index (χ0) is 24.9. The van der Waals surface area contributed by atoms with E-state index in [1.165, 1.54) is 0 Å². The van der Waals surface area contributed by atoms with Gasteiger partial charge in [0.05, 0.1) is 17.8 Å². The van der Waals surface area contributed by atoms with Crippen molar-refractivity contribution >= 4 is 52.5 Å². The summed E-state index contributed by atoms with van der Waals surface area (Å²) in [5, 5.41) is 8.46. The number of anilines is 2. The normalized spacial score (nSPS) is 26.3. The molecule has 1 amide bonds. The molecule has 1 aromatic carbocycles. The number of nitrogens with zero attached hydrogens (tertiary/aromatic N) is 4. The van der Waals surface area contributed by atoms with Crippen molar-refractivity contribution in [3.8, 4) is 0 Å². The van der Waals surface area contributed by atoms with Crippen molar-refractivity contribution < 1.29 is 4.79 Å². The Morgan fingerprint density at radius 2 is 1.94 bits per heavy atom. The minimum Gasteiger partial charge on any atom is -0.362 e. The summed E-state index contributed by atoms with van der Waals surface area (Å²) in [6.07, 6.45) is 3.21. The molecule has 0 spiro atoms. The smallest absolute Gasteiger partial charge is 0.239 e. The van der Waals surface area contributed by atoms with Crippen LogP contribution in [0.3, 0.4) is 0 Å². The summed E-state index contributed by atoms with van der Waals surface area (Å²) >= 11 is 19.0. The Hall–Kier alpha value is -1.80. The molecule has 2 aromatic rings. The summed E-state index contributed by atoms with van der Waals surface area (Å²) in [6.45, 7) is 6.50. The van der Waals surface area contributed by atoms with E-state index < -0.39 is 0 Å². The summed E-state index contributed by atoms with van der Waals surface area (Å²) in [5.74, 6) is 2.39. The standard InChI is InChI=1S/C25H31Cl3N6O/c1-13(16-8-7-15(26)10-19(16)27)30-23-21(28)14(2)31-25(32-23)34-11-17-18(12-34)22(17)33(3)24(35)20-6-4-5-9-29-20/h7-8,10,13,17-18,20,22,29H,4-6,9,11-12H2,1-3H3,(H,30,31,32)/t13-,17-,18+,20?,22?/m1/s1. The van der Waals surface area contributed by atoms with Gasteiger partial charge in [0.15, 0.2) is 5.82 Å². The summed E-state index contributed by atoms with van der Waals surface area (Å²) in [5.41, 5.74) is 1.64. The number of carbonyl (C=O) groups excluding carboxylic acids is 1. The van der Waals surface area contributed by atoms with Crippen LogP contribution >= 0.6 is 34.8 Å². The number of piperidine rings is 2. The van der Waals surface area contributed by atoms with Crippen molar-refractivity contribution in [2.24, 2.45) is 11.8 Å². The molecule has 1 aromatic heterocycles. The lowest BCUT2D eigenvalue weighted by molar-refractivity contribution is -0.133. The molecule has 0 bridgehead atoms. The van der Waals surface area contributed by atoms with E-state index in [0.717, 1.165) is 50.2 Å². The van der Waals surface area contributed by atoms with Gasteiger partial charge in [-0.3, -0.25) is 4.79 Å². The molecule has 2 saturated heterocycles. The third-order valence-electron chi connectivity index (χ3n) is 7.62. The van der Waals surface area contributed by atoms with Gasteiger partial charge in [0.2, 0.25) is 11.9 Å². The molecule has 2 N–H and O–H groups in total. The molecule has 3 fully saturated rings. The van der Waals surface area contributed by atoms with Gasteiger partial charge in [-0.2, -0.15) is 4.98 Å². The number of carbonyl (C=O) groups is 1. The highest BCUT2D eigenvalue weighted by atomic mass is 35.5. The number of benzene rings is 1. The maximum atomic E-state index is 12.9. The number of hydrogen-bond acceptors (Lipinski definition) is 6. The van der Waals surface area contributed by atoms with E-state index in [1.54, 1.807) is 6.07 Å². The van der Waals surface area contributed by atoms with Crippen LogP contribution in [0.4, 0.5) is 11.8 Å². The molecule has 1 saturated carbocycles. The van der Waals surface area contributed by atoms with E-state index >= 15 is 0 Å². The molecule has 10 heteroatoms. The second-order valence-corrected chi connectivity index (χ2v) is 11.2. The Morgan fingerprint density at radius 1 is 1.20 bits per heavy atom. The molecule has 188 valence electrons. The summed E-state index contributed by atoms with van der Waals surface area (Å²) in [7, 11) is 1.96. The van der Waals surface area contributed by atoms with E-state index in [1.807, 2.05) is 37.9 Å². The second-order valence-electron chi connectivity index (χ2n) is 9.98. The number of fused-ring (bicyclic) bond motifs is 1. The molecular weight excluding hydrogens is 507 g/mol. The van der Waals surface area contributed by atoms with Crippen molar-refractivity contribution in [3.63, 3.8) is 0 Å². The molecule has 2 aliphatic heterocycles. The molecule has 7 nitrogen and oxygen atoms in total. The van der Waals surface area contributed by atoms with Gasteiger partial charge in [0.1, 0.15) is 5.02 Å². The van der Waals surface area contributed by atoms with Gasteiger partial charge in [-0.1, -0.05) is 47.3 Å². The van der Waals surface area contributed by atoms with E-state index in [2.05, 4.69) is 20.5 Å². The summed E-state index contributed by atoms with van der Waals surface area (Å²) in [6, 6.07) is 5.61. The van der Waals surface area contributed by atoms with Gasteiger partial charge < -0.3 is 20.4 Å². The van der Waals surface area contributed by atoms with Crippen LogP contribution in [0.2, 0.25) is 15.1 Å². The molecule has 3 heterocycles. The highest BCUT2D eigenvalue weighted by molar-refractivity contribution is 6.35. The van der Waals surface area contributed by atoms with E-state index in [9.17, 15) is 4.79 Å². The minimum atomic E-state index is -0.121. The average molecular weight is 538 g/mol. The van der Waals surface area contributed by atoms with Gasteiger partial charge in [0, 0.05) is 48.1 Å². The fourth-order valence-corrected chi connectivity index (χ4v) is 6.32. The molecule has 35 heavy (non-hydrogen) atoms. The Morgan fingerprint density at radius 3 is 2.60 bits per heavy atom. The van der Waals surface area contributed by atoms with Crippen LogP contribution in [0.5, 0.6) is 0 Å². The van der Waals surface area contributed by atoms with Crippen LogP contribution in [0.15, 0.2) is 18.2 Å². The average Bonchev–Trinajstić information content (AvgIpc) is 3.33. The SMILES string of the molecule is Cc1nc(N2C[C@@H]3C(N(C)C(=O)C4CCCCN4)[C@@H]3C2)nc(N[C@H](C)c2ccc(Cl)cc2Cl)c1Cl. The molecule has 1 aliphatic carbocycles. The van der Waals surface area contributed by atoms with Crippen molar-refractivity contribution in [1.29, 1.82) is 0 Å². The first-order valence-corrected chi connectivity index (χ1v) is 13.4. The predicted octanol–water partition coefficient (Wildman–Crippen LogP) is 4.95. The molecule has 5 atom stereocenters. The number of hydrogen-bond donors (Lipinski definition) is 2. The first kappa shape index (κ1) is 24.9. The molecule has 5 rings (SSSR count). The van der Waals surface area contributed by atoms with E-state index in [0.29, 0.717) is 44.7 Å². The van der Waals surface area contributed by atoms with Gasteiger partial charge in [0.25, 0.3) is 0 Å². The third-order valence-corrected chi connectivity index (χ3v) is 8.64. The Labute approximate surface area is 221 Å². The monoisotopic (exact) mass is 536 g/mol. The fourth-order valence-electron chi connectivity index (χ4n) is 5.61. The quantitative estimate of drug-likeness (QED) is 0.543. The summed E-state index contributed by atoms with van der Waals surface area (Å²) in [4.78, 5) is 26.6. The number of aryl methyl sites for hydroxylation is 1. The van der Waals surface area contributed by atoms with Crippen molar-refractivity contribution in [2.75, 3.05) is 36.9 Å². The number of nitrogens with one attached hydrogen (secondary N) is 2. The molecule has 3 aliphatic rings. The van der Waals surface area contributed by atoms with E-state index in [4.69, 9.17) is 39.8 Å². The van der Waals surface area contributed by atoms with Crippen LogP contribution < -0.4 is 15.5 Å². The molecule has 2 unspecified atom stereocenters. The predicted molar refractivity (Wildman–Crippen MR) is 142 cm³/mol. The Kier molecular flexibility index (Phi) is 7.05. The fraction of sp³-hybridized carbons (Fsp3) is 0.560. The summed E-state index contributed by atoms with van der Waals surface area (Å²) < 4.78 is 0. The van der Waals surface area contributed by atoms with E-state index in [-0.39, 0.29) is 18.0 Å². The Bertz CT molecular complexity index is 1110. The van der Waals surface area contributed by atoms with Crippen molar-refractivity contribution in [3.05, 3.63) is 44.5 Å². The maximum absolute atomic E-state index is 12.9. The number of aromatic nitrogens is 2. The van der Waals surface area contributed by atoms with Gasteiger partial charge in [-0.15, -0.1) is 0 Å². The van der Waals surface area contributed by atoms with Gasteiger partial charge in [-0.25, -0.2) is 4.98 Å². The molecular formula is C25H31Cl3N6O. The largest absolute Gasteiger partial charge is 0.362 e. The van der Waals surface area contributed by atoms with Crippen LogP contribution in [-0.2, 0) is 4.79 Å². The van der Waals surface area contributed by atoms with Crippen LogP contribution in [-0.4, -0.2) is 59.5 Å². The first-order valence-electron chi connectivity index (χ1n) is 12.2. The molecule has 0 radical (unpaired) electrons. The van der Waals surface area contributed by atoms with Gasteiger partial charge in [-0.05, 0) is 50.9 Å². The highest BCUT2D eigenvalue weighted by Gasteiger charge is 2.59. The van der Waals surface area contributed by atoms with Crippen LogP contribution in [0.25, 0.3) is 0 Å². The lowest BCUT2D eigenvalue weighted by Gasteiger charge is -2.30. The number of halogens is 3.